The molecule has 1 aliphatic rings. The van der Waals surface area contributed by atoms with Gasteiger partial charge in [-0.05, 0) is 38.8 Å². The van der Waals surface area contributed by atoms with Crippen LogP contribution >= 0.6 is 0 Å². The van der Waals surface area contributed by atoms with Crippen molar-refractivity contribution in [1.82, 2.24) is 15.3 Å². The van der Waals surface area contributed by atoms with Crippen LogP contribution in [0.2, 0.25) is 0 Å². The van der Waals surface area contributed by atoms with E-state index in [1.165, 1.54) is 6.92 Å². The van der Waals surface area contributed by atoms with E-state index in [2.05, 4.69) is 32.0 Å². The van der Waals surface area contributed by atoms with Gasteiger partial charge >= 0.3 is 0 Å². The molecule has 0 unspecified atom stereocenters. The van der Waals surface area contributed by atoms with Gasteiger partial charge in [-0.25, -0.2) is 9.97 Å². The monoisotopic (exact) mass is 338 g/mol. The molecule has 1 amide bonds. The van der Waals surface area contributed by atoms with Crippen molar-refractivity contribution in [3.8, 4) is 6.07 Å². The number of nitriles is 1. The molecule has 3 rings (SSSR count). The zero-order valence-corrected chi connectivity index (χ0v) is 14.6. The molecule has 1 aliphatic carbocycles. The number of amides is 1. The van der Waals surface area contributed by atoms with Crippen molar-refractivity contribution in [1.29, 1.82) is 5.26 Å². The molecule has 3 N–H and O–H groups in total. The van der Waals surface area contributed by atoms with Crippen molar-refractivity contribution in [3.05, 3.63) is 24.0 Å². The van der Waals surface area contributed by atoms with E-state index in [9.17, 15) is 4.79 Å². The molecule has 0 aliphatic heterocycles. The number of carbonyl (C=O) groups excluding carboxylic acids is 1. The number of carbonyl (C=O) groups is 1. The maximum Gasteiger partial charge on any atom is 0.217 e. The molecule has 2 heterocycles. The Morgan fingerprint density at radius 2 is 2.08 bits per heavy atom. The van der Waals surface area contributed by atoms with E-state index in [1.54, 1.807) is 12.3 Å². The molecular weight excluding hydrogens is 316 g/mol. The number of hydrogen-bond acceptors (Lipinski definition) is 6. The molecule has 0 saturated heterocycles. The zero-order chi connectivity index (χ0) is 18.0. The summed E-state index contributed by atoms with van der Waals surface area (Å²) in [7, 11) is 0. The summed E-state index contributed by atoms with van der Waals surface area (Å²) in [6.07, 6.45) is 3.54. The molecule has 7 heteroatoms. The average molecular weight is 338 g/mol. The van der Waals surface area contributed by atoms with Crippen LogP contribution in [-0.2, 0) is 4.79 Å². The Balaban J connectivity index is 1.79. The lowest BCUT2D eigenvalue weighted by Crippen LogP contribution is -2.49. The van der Waals surface area contributed by atoms with Crippen LogP contribution in [-0.4, -0.2) is 34.0 Å². The van der Waals surface area contributed by atoms with Crippen molar-refractivity contribution in [2.45, 2.75) is 51.7 Å². The number of fused-ring (bicyclic) bond motifs is 1. The average Bonchev–Trinajstić information content (AvgIpc) is 2.52. The first-order valence-electron chi connectivity index (χ1n) is 8.45. The Hall–Kier alpha value is -2.88. The summed E-state index contributed by atoms with van der Waals surface area (Å²) in [6, 6.07) is 6.54. The van der Waals surface area contributed by atoms with E-state index in [0.29, 0.717) is 17.6 Å². The van der Waals surface area contributed by atoms with Gasteiger partial charge in [0.15, 0.2) is 0 Å². The van der Waals surface area contributed by atoms with Crippen molar-refractivity contribution in [2.24, 2.45) is 0 Å². The minimum atomic E-state index is 0.0102. The van der Waals surface area contributed by atoms with Gasteiger partial charge in [0.25, 0.3) is 0 Å². The summed E-state index contributed by atoms with van der Waals surface area (Å²) < 4.78 is 0. The van der Waals surface area contributed by atoms with E-state index < -0.39 is 0 Å². The van der Waals surface area contributed by atoms with Crippen LogP contribution in [0.4, 0.5) is 11.6 Å². The second kappa shape index (κ2) is 6.93. The third-order valence-corrected chi connectivity index (χ3v) is 4.15. The summed E-state index contributed by atoms with van der Waals surface area (Å²) in [4.78, 5) is 19.9. The molecular formula is C18H22N6O. The van der Waals surface area contributed by atoms with Gasteiger partial charge < -0.3 is 16.0 Å². The largest absolute Gasteiger partial charge is 0.367 e. The molecule has 0 bridgehead atoms. The topological polar surface area (TPSA) is 103 Å². The third-order valence-electron chi connectivity index (χ3n) is 4.15. The van der Waals surface area contributed by atoms with E-state index in [-0.39, 0.29) is 18.0 Å². The number of pyridine rings is 2. The summed E-state index contributed by atoms with van der Waals surface area (Å²) in [5.41, 5.74) is 0.371. The normalized spacial score (nSPS) is 19.2. The van der Waals surface area contributed by atoms with Crippen LogP contribution in [0, 0.1) is 11.3 Å². The number of hydrogen-bond donors (Lipinski definition) is 3. The van der Waals surface area contributed by atoms with Crippen LogP contribution in [0.5, 0.6) is 0 Å². The van der Waals surface area contributed by atoms with Crippen LogP contribution in [0.1, 0.15) is 39.3 Å². The van der Waals surface area contributed by atoms with Gasteiger partial charge in [0.1, 0.15) is 23.4 Å². The van der Waals surface area contributed by atoms with Gasteiger partial charge in [0.05, 0.1) is 0 Å². The second-order valence-electron chi connectivity index (χ2n) is 6.77. The lowest BCUT2D eigenvalue weighted by molar-refractivity contribution is -0.120. The molecule has 0 aromatic carbocycles. The highest BCUT2D eigenvalue weighted by molar-refractivity contribution is 5.93. The zero-order valence-electron chi connectivity index (χ0n) is 14.6. The number of nitrogens with zero attached hydrogens (tertiary/aromatic N) is 3. The number of aromatic nitrogens is 2. The van der Waals surface area contributed by atoms with E-state index in [0.717, 1.165) is 29.4 Å². The predicted octanol–water partition coefficient (Wildman–Crippen LogP) is 2.40. The summed E-state index contributed by atoms with van der Waals surface area (Å²) in [5.74, 6) is 1.48. The third kappa shape index (κ3) is 3.97. The van der Waals surface area contributed by atoms with Crippen LogP contribution in [0.15, 0.2) is 18.3 Å². The number of nitrogens with one attached hydrogen (secondary N) is 3. The molecule has 0 spiro atoms. The molecule has 0 atom stereocenters. The second-order valence-corrected chi connectivity index (χ2v) is 6.77. The van der Waals surface area contributed by atoms with Gasteiger partial charge in [-0.1, -0.05) is 0 Å². The Kier molecular flexibility index (Phi) is 4.70. The van der Waals surface area contributed by atoms with E-state index in [4.69, 9.17) is 5.26 Å². The highest BCUT2D eigenvalue weighted by Crippen LogP contribution is 2.28. The first-order chi connectivity index (χ1) is 11.9. The van der Waals surface area contributed by atoms with Crippen molar-refractivity contribution in [3.63, 3.8) is 0 Å². The Bertz CT molecular complexity index is 835. The summed E-state index contributed by atoms with van der Waals surface area (Å²) in [5, 5.41) is 20.6. The fraction of sp³-hybridized carbons (Fsp3) is 0.444. The Morgan fingerprint density at radius 3 is 2.72 bits per heavy atom. The lowest BCUT2D eigenvalue weighted by Gasteiger charge is -2.36. The van der Waals surface area contributed by atoms with Gasteiger partial charge in [-0.15, -0.1) is 0 Å². The molecule has 2 aromatic heterocycles. The van der Waals surface area contributed by atoms with Gasteiger partial charge in [-0.3, -0.25) is 4.79 Å². The highest BCUT2D eigenvalue weighted by Gasteiger charge is 2.29. The minimum absolute atomic E-state index is 0.0102. The first-order valence-corrected chi connectivity index (χ1v) is 8.45. The highest BCUT2D eigenvalue weighted by atomic mass is 16.1. The van der Waals surface area contributed by atoms with Gasteiger partial charge in [0.2, 0.25) is 5.91 Å². The predicted molar refractivity (Wildman–Crippen MR) is 97.3 cm³/mol. The van der Waals surface area contributed by atoms with Gasteiger partial charge in [-0.2, -0.15) is 5.26 Å². The maximum atomic E-state index is 11.1. The molecule has 0 radical (unpaired) electrons. The fourth-order valence-corrected chi connectivity index (χ4v) is 3.02. The van der Waals surface area contributed by atoms with Crippen LogP contribution in [0.25, 0.3) is 10.8 Å². The standard InChI is InChI=1S/C18H22N6O/c1-10(2)21-18-16-7-17(20-9-12(16)4-15(8-19)24-18)23-14-5-13(6-14)22-11(3)25/h4,7,9-10,13-14H,5-6H2,1-3H3,(H,20,23)(H,21,24)(H,22,25)/t13-,14+. The number of anilines is 2. The lowest BCUT2D eigenvalue weighted by atomic mass is 9.86. The molecule has 7 nitrogen and oxygen atoms in total. The smallest absolute Gasteiger partial charge is 0.217 e. The van der Waals surface area contributed by atoms with Crippen molar-refractivity contribution in [2.75, 3.05) is 10.6 Å². The SMILES string of the molecule is CC(=O)N[C@H]1C[C@@H](Nc2cc3c(NC(C)C)nc(C#N)cc3cn2)C1. The number of rotatable bonds is 5. The molecule has 25 heavy (non-hydrogen) atoms. The molecule has 1 fully saturated rings. The Labute approximate surface area is 146 Å². The maximum absolute atomic E-state index is 11.1. The fourth-order valence-electron chi connectivity index (χ4n) is 3.02. The van der Waals surface area contributed by atoms with Crippen molar-refractivity contribution >= 4 is 28.3 Å². The first kappa shape index (κ1) is 17.0. The van der Waals surface area contributed by atoms with Crippen LogP contribution < -0.4 is 16.0 Å². The van der Waals surface area contributed by atoms with Gasteiger partial charge in [0, 0.05) is 42.0 Å². The van der Waals surface area contributed by atoms with Crippen LogP contribution in [0.3, 0.4) is 0 Å². The molecule has 2 aromatic rings. The van der Waals surface area contributed by atoms with Crippen molar-refractivity contribution < 1.29 is 4.79 Å². The summed E-state index contributed by atoms with van der Waals surface area (Å²) in [6.45, 7) is 5.60. The summed E-state index contributed by atoms with van der Waals surface area (Å²) >= 11 is 0. The quantitative estimate of drug-likeness (QED) is 0.773. The molecule has 1 saturated carbocycles. The molecule has 130 valence electrons. The van der Waals surface area contributed by atoms with E-state index >= 15 is 0 Å². The minimum Gasteiger partial charge on any atom is -0.367 e. The Morgan fingerprint density at radius 1 is 1.32 bits per heavy atom. The van der Waals surface area contributed by atoms with E-state index in [1.807, 2.05) is 19.9 Å².